The molecule has 15 heavy (non-hydrogen) atoms. The fourth-order valence-electron chi connectivity index (χ4n) is 1.15. The van der Waals surface area contributed by atoms with Crippen LogP contribution in [0.4, 0.5) is 0 Å². The Labute approximate surface area is 89.9 Å². The van der Waals surface area contributed by atoms with E-state index < -0.39 is 5.97 Å². The Balaban J connectivity index is 2.67. The van der Waals surface area contributed by atoms with Crippen LogP contribution in [-0.4, -0.2) is 12.6 Å². The van der Waals surface area contributed by atoms with Crippen molar-refractivity contribution in [3.8, 4) is 0 Å². The zero-order valence-corrected chi connectivity index (χ0v) is 9.03. The van der Waals surface area contributed by atoms with Gasteiger partial charge in [-0.3, -0.25) is 4.89 Å². The molecule has 0 aliphatic heterocycles. The molecule has 3 heteroatoms. The van der Waals surface area contributed by atoms with Crippen molar-refractivity contribution in [1.29, 1.82) is 0 Å². The molecule has 0 saturated carbocycles. The maximum Gasteiger partial charge on any atom is 0.373 e. The van der Waals surface area contributed by atoms with E-state index >= 15 is 0 Å². The molecule has 81 valence electrons. The molecule has 0 unspecified atom stereocenters. The smallest absolute Gasteiger partial charge is 0.293 e. The van der Waals surface area contributed by atoms with Crippen LogP contribution >= 0.6 is 0 Å². The summed E-state index contributed by atoms with van der Waals surface area (Å²) in [5.41, 5.74) is 1.66. The Morgan fingerprint density at radius 3 is 2.40 bits per heavy atom. The summed E-state index contributed by atoms with van der Waals surface area (Å²) in [7, 11) is 0. The third kappa shape index (κ3) is 3.36. The van der Waals surface area contributed by atoms with Crippen molar-refractivity contribution in [3.63, 3.8) is 0 Å². The van der Waals surface area contributed by atoms with E-state index in [0.717, 1.165) is 0 Å². The van der Waals surface area contributed by atoms with Crippen LogP contribution in [0.15, 0.2) is 24.3 Å². The summed E-state index contributed by atoms with van der Waals surface area (Å²) >= 11 is 0. The summed E-state index contributed by atoms with van der Waals surface area (Å²) in [5, 5.41) is 0. The number of hydrogen-bond donors (Lipinski definition) is 0. The summed E-state index contributed by atoms with van der Waals surface area (Å²) in [6.07, 6.45) is 0. The van der Waals surface area contributed by atoms with E-state index in [1.807, 2.05) is 12.1 Å². The predicted molar refractivity (Wildman–Crippen MR) is 57.3 cm³/mol. The second-order valence-corrected chi connectivity index (χ2v) is 3.47. The van der Waals surface area contributed by atoms with Crippen LogP contribution in [0, 0.1) is 6.92 Å². The summed E-state index contributed by atoms with van der Waals surface area (Å²) in [6.45, 7) is 7.69. The molecule has 0 bridgehead atoms. The van der Waals surface area contributed by atoms with Gasteiger partial charge in [-0.15, -0.1) is 0 Å². The topological polar surface area (TPSA) is 35.5 Å². The summed E-state index contributed by atoms with van der Waals surface area (Å²) < 4.78 is 0. The lowest BCUT2D eigenvalue weighted by Gasteiger charge is -2.05. The van der Waals surface area contributed by atoms with Crippen LogP contribution in [0.25, 0.3) is 0 Å². The van der Waals surface area contributed by atoms with Crippen LogP contribution in [0.2, 0.25) is 0 Å². The molecular formula is C12H15O3. The van der Waals surface area contributed by atoms with E-state index in [1.165, 1.54) is 5.56 Å². The summed E-state index contributed by atoms with van der Waals surface area (Å²) in [5.74, 6) is -0.0416. The minimum atomic E-state index is -0.492. The van der Waals surface area contributed by atoms with Gasteiger partial charge in [-0.2, -0.15) is 4.89 Å². The number of rotatable bonds is 4. The molecule has 0 saturated heterocycles. The van der Waals surface area contributed by atoms with E-state index in [1.54, 1.807) is 12.1 Å². The van der Waals surface area contributed by atoms with Crippen LogP contribution in [0.3, 0.4) is 0 Å². The highest BCUT2D eigenvalue weighted by Crippen LogP contribution is 2.15. The molecule has 0 aromatic heterocycles. The average Bonchev–Trinajstić information content (AvgIpc) is 2.26. The molecular weight excluding hydrogens is 192 g/mol. The number of hydrogen-bond acceptors (Lipinski definition) is 3. The highest BCUT2D eigenvalue weighted by molar-refractivity contribution is 5.88. The van der Waals surface area contributed by atoms with Gasteiger partial charge in [0.15, 0.2) is 0 Å². The highest BCUT2D eigenvalue weighted by Gasteiger charge is 2.08. The Morgan fingerprint density at radius 2 is 1.93 bits per heavy atom. The first-order valence-electron chi connectivity index (χ1n) is 4.88. The molecule has 1 aromatic rings. The third-order valence-corrected chi connectivity index (χ3v) is 2.03. The molecule has 1 aromatic carbocycles. The van der Waals surface area contributed by atoms with Crippen molar-refractivity contribution < 1.29 is 14.6 Å². The Morgan fingerprint density at radius 1 is 1.33 bits per heavy atom. The first-order chi connectivity index (χ1) is 7.15. The fourth-order valence-corrected chi connectivity index (χ4v) is 1.15. The summed E-state index contributed by atoms with van der Waals surface area (Å²) in [6, 6.07) is 7.27. The summed E-state index contributed by atoms with van der Waals surface area (Å²) in [4.78, 5) is 20.3. The lowest BCUT2D eigenvalue weighted by atomic mass is 10.0. The fraction of sp³-hybridized carbons (Fsp3) is 0.333. The van der Waals surface area contributed by atoms with E-state index in [2.05, 4.69) is 30.5 Å². The molecule has 0 atom stereocenters. The van der Waals surface area contributed by atoms with E-state index in [0.29, 0.717) is 11.5 Å². The molecule has 0 N–H and O–H groups in total. The Kier molecular flexibility index (Phi) is 4.31. The largest absolute Gasteiger partial charge is 0.373 e. The van der Waals surface area contributed by atoms with Crippen molar-refractivity contribution in [1.82, 2.24) is 0 Å². The van der Waals surface area contributed by atoms with Crippen molar-refractivity contribution >= 4 is 5.97 Å². The van der Waals surface area contributed by atoms with Gasteiger partial charge in [-0.1, -0.05) is 26.0 Å². The van der Waals surface area contributed by atoms with Gasteiger partial charge in [0.25, 0.3) is 0 Å². The van der Waals surface area contributed by atoms with Crippen LogP contribution in [0.5, 0.6) is 0 Å². The lowest BCUT2D eigenvalue weighted by molar-refractivity contribution is -0.232. The van der Waals surface area contributed by atoms with Crippen LogP contribution in [0.1, 0.15) is 35.7 Å². The van der Waals surface area contributed by atoms with Gasteiger partial charge in [0.1, 0.15) is 0 Å². The Bertz CT molecular complexity index is 314. The number of carbonyl (C=O) groups excluding carboxylic acids is 1. The molecule has 0 fully saturated rings. The molecule has 0 spiro atoms. The molecule has 1 radical (unpaired) electrons. The Hall–Kier alpha value is -1.35. The van der Waals surface area contributed by atoms with Gasteiger partial charge in [-0.25, -0.2) is 4.79 Å². The molecule has 0 aliphatic rings. The number of benzene rings is 1. The highest BCUT2D eigenvalue weighted by atomic mass is 17.2. The predicted octanol–water partition coefficient (Wildman–Crippen LogP) is 2.73. The first-order valence-corrected chi connectivity index (χ1v) is 4.88. The van der Waals surface area contributed by atoms with E-state index in [4.69, 9.17) is 0 Å². The quantitative estimate of drug-likeness (QED) is 0.562. The molecule has 1 rings (SSSR count). The maximum atomic E-state index is 11.3. The molecule has 0 amide bonds. The molecule has 3 nitrogen and oxygen atoms in total. The zero-order chi connectivity index (χ0) is 11.3. The van der Waals surface area contributed by atoms with Crippen molar-refractivity contribution in [2.45, 2.75) is 19.8 Å². The molecule has 0 aliphatic carbocycles. The lowest BCUT2D eigenvalue weighted by Crippen LogP contribution is -2.06. The van der Waals surface area contributed by atoms with E-state index in [9.17, 15) is 4.79 Å². The zero-order valence-electron chi connectivity index (χ0n) is 9.03. The normalized spacial score (nSPS) is 10.4. The minimum Gasteiger partial charge on any atom is -0.293 e. The van der Waals surface area contributed by atoms with Gasteiger partial charge in [0, 0.05) is 0 Å². The second kappa shape index (κ2) is 5.51. The standard InChI is InChI=1S/C12H15O3/c1-4-14-15-12(13)11-7-5-10(6-8-11)9(2)3/h5-9H,1,4H2,2-3H3. The van der Waals surface area contributed by atoms with Crippen LogP contribution < -0.4 is 0 Å². The average molecular weight is 207 g/mol. The van der Waals surface area contributed by atoms with Crippen molar-refractivity contribution in [2.24, 2.45) is 0 Å². The SMILES string of the molecule is [CH2]COOC(=O)c1ccc(C(C)C)cc1. The monoisotopic (exact) mass is 207 g/mol. The molecule has 0 heterocycles. The van der Waals surface area contributed by atoms with Crippen LogP contribution in [-0.2, 0) is 9.78 Å². The van der Waals surface area contributed by atoms with Gasteiger partial charge >= 0.3 is 5.97 Å². The van der Waals surface area contributed by atoms with Gasteiger partial charge in [0.2, 0.25) is 0 Å². The van der Waals surface area contributed by atoms with Gasteiger partial charge in [-0.05, 0) is 30.5 Å². The van der Waals surface area contributed by atoms with Crippen molar-refractivity contribution in [3.05, 3.63) is 42.3 Å². The minimum absolute atomic E-state index is 0.107. The van der Waals surface area contributed by atoms with E-state index in [-0.39, 0.29) is 6.61 Å². The third-order valence-electron chi connectivity index (χ3n) is 2.03. The van der Waals surface area contributed by atoms with Gasteiger partial charge in [0.05, 0.1) is 12.2 Å². The maximum absolute atomic E-state index is 11.3. The second-order valence-electron chi connectivity index (χ2n) is 3.47. The number of carbonyl (C=O) groups is 1. The van der Waals surface area contributed by atoms with Crippen molar-refractivity contribution in [2.75, 3.05) is 6.61 Å². The van der Waals surface area contributed by atoms with Gasteiger partial charge < -0.3 is 0 Å². The first kappa shape index (κ1) is 11.7.